The van der Waals surface area contributed by atoms with Crippen molar-refractivity contribution in [3.8, 4) is 5.75 Å². The second-order valence-corrected chi connectivity index (χ2v) is 7.84. The summed E-state index contributed by atoms with van der Waals surface area (Å²) >= 11 is 6.19. The number of nitrogens with one attached hydrogen (secondary N) is 2. The Labute approximate surface area is 180 Å². The molecule has 0 fully saturated rings. The number of hydrogen-bond acceptors (Lipinski definition) is 4. The van der Waals surface area contributed by atoms with Gasteiger partial charge in [0.1, 0.15) is 11.6 Å². The molecule has 0 aliphatic rings. The average molecular weight is 429 g/mol. The quantitative estimate of drug-likeness (QED) is 0.589. The molecule has 1 heterocycles. The Morgan fingerprint density at radius 3 is 2.57 bits per heavy atom. The predicted molar refractivity (Wildman–Crippen MR) is 116 cm³/mol. The Morgan fingerprint density at radius 2 is 1.87 bits per heavy atom. The largest absolute Gasteiger partial charge is 0.483 e. The van der Waals surface area contributed by atoms with Gasteiger partial charge in [-0.15, -0.1) is 0 Å². The normalized spacial score (nSPS) is 11.0. The Kier molecular flexibility index (Phi) is 6.62. The molecule has 0 atom stereocenters. The van der Waals surface area contributed by atoms with Crippen LogP contribution in [0.3, 0.4) is 0 Å². The lowest BCUT2D eigenvalue weighted by atomic mass is 10.0. The number of amides is 2. The molecule has 0 aliphatic heterocycles. The standard InChI is InChI=1S/C22H25ClN4O3/c1-13(2)15-10-16(23)14(3)9-19(15)30-12-22(29)26-25-21(28)11-20-24-17-7-5-6-8-18(17)27(20)4/h5-10,13H,11-12H2,1-4H3,(H,25,28)(H,26,29). The van der Waals surface area contributed by atoms with Gasteiger partial charge < -0.3 is 9.30 Å². The maximum absolute atomic E-state index is 12.2. The Balaban J connectivity index is 1.54. The molecule has 0 saturated heterocycles. The number of hydrazine groups is 1. The molecule has 2 aromatic carbocycles. The number of carbonyl (C=O) groups excluding carboxylic acids is 2. The Hall–Kier alpha value is -3.06. The molecule has 3 aromatic rings. The van der Waals surface area contributed by atoms with Crippen LogP contribution in [-0.4, -0.2) is 28.0 Å². The van der Waals surface area contributed by atoms with E-state index in [0.717, 1.165) is 22.2 Å². The van der Waals surface area contributed by atoms with E-state index < -0.39 is 5.91 Å². The summed E-state index contributed by atoms with van der Waals surface area (Å²) in [5.41, 5.74) is 8.33. The highest BCUT2D eigenvalue weighted by Gasteiger charge is 2.14. The van der Waals surface area contributed by atoms with E-state index in [9.17, 15) is 9.59 Å². The van der Waals surface area contributed by atoms with Crippen molar-refractivity contribution in [2.75, 3.05) is 6.61 Å². The van der Waals surface area contributed by atoms with Crippen LogP contribution in [0, 0.1) is 6.92 Å². The molecule has 158 valence electrons. The smallest absolute Gasteiger partial charge is 0.276 e. The summed E-state index contributed by atoms with van der Waals surface area (Å²) in [6, 6.07) is 11.3. The molecule has 8 heteroatoms. The maximum Gasteiger partial charge on any atom is 0.276 e. The summed E-state index contributed by atoms with van der Waals surface area (Å²) in [6.45, 7) is 5.69. The number of aryl methyl sites for hydroxylation is 2. The van der Waals surface area contributed by atoms with Gasteiger partial charge >= 0.3 is 0 Å². The molecule has 2 N–H and O–H groups in total. The molecule has 0 aliphatic carbocycles. The highest BCUT2D eigenvalue weighted by molar-refractivity contribution is 6.31. The van der Waals surface area contributed by atoms with E-state index in [1.807, 2.05) is 68.8 Å². The lowest BCUT2D eigenvalue weighted by Crippen LogP contribution is -2.44. The summed E-state index contributed by atoms with van der Waals surface area (Å²) in [6.07, 6.45) is 0.0419. The van der Waals surface area contributed by atoms with Crippen LogP contribution >= 0.6 is 11.6 Å². The van der Waals surface area contributed by atoms with Crippen LogP contribution in [0.1, 0.15) is 36.7 Å². The summed E-state index contributed by atoms with van der Waals surface area (Å²) < 4.78 is 7.52. The van der Waals surface area contributed by atoms with E-state index in [1.165, 1.54) is 0 Å². The molecular weight excluding hydrogens is 404 g/mol. The fourth-order valence-electron chi connectivity index (χ4n) is 3.11. The molecule has 1 aromatic heterocycles. The number of imidazole rings is 1. The van der Waals surface area contributed by atoms with Gasteiger partial charge in [-0.1, -0.05) is 37.6 Å². The fraction of sp³-hybridized carbons (Fsp3) is 0.318. The van der Waals surface area contributed by atoms with Crippen molar-refractivity contribution in [2.24, 2.45) is 7.05 Å². The topological polar surface area (TPSA) is 85.2 Å². The third-order valence-corrected chi connectivity index (χ3v) is 5.22. The first-order valence-electron chi connectivity index (χ1n) is 9.67. The summed E-state index contributed by atoms with van der Waals surface area (Å²) in [7, 11) is 1.85. The van der Waals surface area contributed by atoms with Crippen LogP contribution < -0.4 is 15.6 Å². The van der Waals surface area contributed by atoms with Crippen molar-refractivity contribution in [1.29, 1.82) is 0 Å². The van der Waals surface area contributed by atoms with Gasteiger partial charge in [0.25, 0.3) is 5.91 Å². The SMILES string of the molecule is Cc1cc(OCC(=O)NNC(=O)Cc2nc3ccccc3n2C)c(C(C)C)cc1Cl. The van der Waals surface area contributed by atoms with Crippen LogP contribution in [0.5, 0.6) is 5.75 Å². The third kappa shape index (κ3) is 4.91. The molecule has 3 rings (SSSR count). The lowest BCUT2D eigenvalue weighted by molar-refractivity contribution is -0.129. The zero-order valence-corrected chi connectivity index (χ0v) is 18.2. The molecule has 0 spiro atoms. The van der Waals surface area contributed by atoms with E-state index >= 15 is 0 Å². The van der Waals surface area contributed by atoms with Gasteiger partial charge in [0.2, 0.25) is 5.91 Å². The predicted octanol–water partition coefficient (Wildman–Crippen LogP) is 3.43. The number of hydrogen-bond donors (Lipinski definition) is 2. The first kappa shape index (κ1) is 21.6. The minimum absolute atomic E-state index is 0.0419. The zero-order chi connectivity index (χ0) is 21.8. The first-order chi connectivity index (χ1) is 14.3. The molecule has 0 bridgehead atoms. The van der Waals surface area contributed by atoms with Crippen molar-refractivity contribution < 1.29 is 14.3 Å². The van der Waals surface area contributed by atoms with E-state index in [0.29, 0.717) is 16.6 Å². The molecule has 0 radical (unpaired) electrons. The Morgan fingerprint density at radius 1 is 1.17 bits per heavy atom. The number of nitrogens with zero attached hydrogens (tertiary/aromatic N) is 2. The molecule has 0 saturated carbocycles. The maximum atomic E-state index is 12.2. The lowest BCUT2D eigenvalue weighted by Gasteiger charge is -2.16. The van der Waals surface area contributed by atoms with E-state index in [1.54, 1.807) is 0 Å². The van der Waals surface area contributed by atoms with Crippen molar-refractivity contribution in [1.82, 2.24) is 20.4 Å². The number of carbonyl (C=O) groups is 2. The van der Waals surface area contributed by atoms with Gasteiger partial charge in [-0.3, -0.25) is 20.4 Å². The summed E-state index contributed by atoms with van der Waals surface area (Å²) in [5, 5.41) is 0.657. The van der Waals surface area contributed by atoms with Gasteiger partial charge in [0.05, 0.1) is 17.5 Å². The molecule has 30 heavy (non-hydrogen) atoms. The van der Waals surface area contributed by atoms with Gasteiger partial charge in [0, 0.05) is 12.1 Å². The average Bonchev–Trinajstić information content (AvgIpc) is 3.02. The molecule has 7 nitrogen and oxygen atoms in total. The van der Waals surface area contributed by atoms with Crippen LogP contribution in [0.2, 0.25) is 5.02 Å². The van der Waals surface area contributed by atoms with Crippen LogP contribution in [0.15, 0.2) is 36.4 Å². The van der Waals surface area contributed by atoms with Crippen molar-refractivity contribution in [2.45, 2.75) is 33.1 Å². The second kappa shape index (κ2) is 9.17. The van der Waals surface area contributed by atoms with Crippen LogP contribution in [0.25, 0.3) is 11.0 Å². The highest BCUT2D eigenvalue weighted by atomic mass is 35.5. The van der Waals surface area contributed by atoms with E-state index in [4.69, 9.17) is 16.3 Å². The Bertz CT molecular complexity index is 1090. The van der Waals surface area contributed by atoms with Crippen LogP contribution in [0.4, 0.5) is 0 Å². The van der Waals surface area contributed by atoms with E-state index in [2.05, 4.69) is 15.8 Å². The third-order valence-electron chi connectivity index (χ3n) is 4.81. The van der Waals surface area contributed by atoms with Gasteiger partial charge in [0.15, 0.2) is 6.61 Å². The minimum atomic E-state index is -0.462. The number of halogens is 1. The zero-order valence-electron chi connectivity index (χ0n) is 17.5. The van der Waals surface area contributed by atoms with Gasteiger partial charge in [-0.25, -0.2) is 4.98 Å². The van der Waals surface area contributed by atoms with Crippen molar-refractivity contribution in [3.05, 3.63) is 58.4 Å². The molecule has 0 unspecified atom stereocenters. The number of fused-ring (bicyclic) bond motifs is 1. The van der Waals surface area contributed by atoms with E-state index in [-0.39, 0.29) is 24.9 Å². The molecule has 2 amide bonds. The van der Waals surface area contributed by atoms with Gasteiger partial charge in [-0.2, -0.15) is 0 Å². The number of para-hydroxylation sites is 2. The number of rotatable bonds is 6. The number of aromatic nitrogens is 2. The minimum Gasteiger partial charge on any atom is -0.483 e. The number of ether oxygens (including phenoxy) is 1. The first-order valence-corrected chi connectivity index (χ1v) is 10.0. The summed E-state index contributed by atoms with van der Waals surface area (Å²) in [5.74, 6) is 0.572. The van der Waals surface area contributed by atoms with Crippen molar-refractivity contribution >= 4 is 34.4 Å². The second-order valence-electron chi connectivity index (χ2n) is 7.43. The van der Waals surface area contributed by atoms with Crippen molar-refractivity contribution in [3.63, 3.8) is 0 Å². The number of benzene rings is 2. The molecular formula is C22H25ClN4O3. The van der Waals surface area contributed by atoms with Gasteiger partial charge in [-0.05, 0) is 48.2 Å². The monoisotopic (exact) mass is 428 g/mol. The van der Waals surface area contributed by atoms with Crippen LogP contribution in [-0.2, 0) is 23.1 Å². The fourth-order valence-corrected chi connectivity index (χ4v) is 3.28. The summed E-state index contributed by atoms with van der Waals surface area (Å²) in [4.78, 5) is 28.8. The highest BCUT2D eigenvalue weighted by Crippen LogP contribution is 2.31.